The number of carboxylic acid groups (broad SMARTS) is 1. The molecule has 0 aliphatic carbocycles. The van der Waals surface area contributed by atoms with Crippen molar-refractivity contribution >= 4 is 23.6 Å². The van der Waals surface area contributed by atoms with Crippen LogP contribution in [0.4, 0.5) is 0 Å². The lowest BCUT2D eigenvalue weighted by atomic mass is 10.0. The minimum Gasteiger partial charge on any atom is -0.481 e. The number of hydrogen-bond donors (Lipinski definition) is 2. The van der Waals surface area contributed by atoms with Crippen LogP contribution in [0.2, 0.25) is 0 Å². The Morgan fingerprint density at radius 2 is 2.05 bits per heavy atom. The minimum atomic E-state index is -0.935. The number of hydrogen-bond acceptors (Lipinski definition) is 3. The van der Waals surface area contributed by atoms with Crippen molar-refractivity contribution in [1.29, 1.82) is 0 Å². The molecule has 1 amide bonds. The van der Waals surface area contributed by atoms with Crippen molar-refractivity contribution < 1.29 is 14.7 Å². The van der Waals surface area contributed by atoms with Crippen LogP contribution in [0.5, 0.6) is 0 Å². The summed E-state index contributed by atoms with van der Waals surface area (Å²) in [5.41, 5.74) is 0.987. The molecule has 2 N–H and O–H groups in total. The zero-order valence-corrected chi connectivity index (χ0v) is 12.0. The minimum absolute atomic E-state index is 0.0651. The summed E-state index contributed by atoms with van der Waals surface area (Å²) in [5, 5.41) is 11.7. The van der Waals surface area contributed by atoms with E-state index in [1.54, 1.807) is 36.0 Å². The fraction of sp³-hybridized carbons (Fsp3) is 0.429. The summed E-state index contributed by atoms with van der Waals surface area (Å²) in [6, 6.07) is 6.88. The van der Waals surface area contributed by atoms with Gasteiger partial charge in [-0.1, -0.05) is 25.1 Å². The number of rotatable bonds is 7. The molecule has 0 fully saturated rings. The number of thioether (sulfide) groups is 1. The first kappa shape index (κ1) is 15.6. The van der Waals surface area contributed by atoms with Crippen molar-refractivity contribution in [2.24, 2.45) is 0 Å². The summed E-state index contributed by atoms with van der Waals surface area (Å²) in [6.45, 7) is 4.02. The molecule has 0 aliphatic rings. The molecule has 0 spiro atoms. The lowest BCUT2D eigenvalue weighted by molar-refractivity contribution is -0.136. The van der Waals surface area contributed by atoms with E-state index in [4.69, 9.17) is 5.11 Å². The predicted molar refractivity (Wildman–Crippen MR) is 77.7 cm³/mol. The maximum Gasteiger partial charge on any atom is 0.307 e. The van der Waals surface area contributed by atoms with E-state index in [1.165, 1.54) is 0 Å². The van der Waals surface area contributed by atoms with Crippen molar-refractivity contribution in [1.82, 2.24) is 5.32 Å². The van der Waals surface area contributed by atoms with Crippen LogP contribution >= 0.6 is 11.8 Å². The maximum absolute atomic E-state index is 12.1. The summed E-state index contributed by atoms with van der Waals surface area (Å²) < 4.78 is 0. The van der Waals surface area contributed by atoms with Crippen molar-refractivity contribution in [3.05, 3.63) is 35.4 Å². The second-order valence-corrected chi connectivity index (χ2v) is 5.58. The molecule has 0 saturated carbocycles. The third-order valence-corrected chi connectivity index (χ3v) is 3.70. The van der Waals surface area contributed by atoms with Gasteiger partial charge in [0.15, 0.2) is 0 Å². The highest BCUT2D eigenvalue weighted by Gasteiger charge is 2.14. The van der Waals surface area contributed by atoms with Gasteiger partial charge in [0.2, 0.25) is 0 Å². The molecule has 1 atom stereocenters. The molecule has 0 saturated heterocycles. The first-order valence-electron chi connectivity index (χ1n) is 6.23. The Bertz CT molecular complexity index is 448. The van der Waals surface area contributed by atoms with Crippen LogP contribution < -0.4 is 5.32 Å². The Balaban J connectivity index is 2.73. The fourth-order valence-corrected chi connectivity index (χ4v) is 2.37. The van der Waals surface area contributed by atoms with Gasteiger partial charge in [0.25, 0.3) is 5.91 Å². The highest BCUT2D eigenvalue weighted by Crippen LogP contribution is 2.10. The quantitative estimate of drug-likeness (QED) is 0.804. The third kappa shape index (κ3) is 5.34. The van der Waals surface area contributed by atoms with Gasteiger partial charge in [-0.15, -0.1) is 0 Å². The largest absolute Gasteiger partial charge is 0.481 e. The number of carboxylic acids is 1. The molecule has 0 aromatic heterocycles. The number of nitrogens with one attached hydrogen (secondary N) is 1. The van der Waals surface area contributed by atoms with E-state index in [2.05, 4.69) is 12.2 Å². The fourth-order valence-electron chi connectivity index (χ4n) is 1.70. The Hall–Kier alpha value is -1.49. The number of amides is 1. The normalized spacial score (nSPS) is 11.9. The Kier molecular flexibility index (Phi) is 6.42. The Morgan fingerprint density at radius 3 is 2.68 bits per heavy atom. The molecular formula is C14H19NO3S. The van der Waals surface area contributed by atoms with Crippen LogP contribution in [-0.4, -0.2) is 34.5 Å². The van der Waals surface area contributed by atoms with E-state index in [-0.39, 0.29) is 18.4 Å². The molecule has 0 radical (unpaired) electrons. The number of carbonyl (C=O) groups is 2. The van der Waals surface area contributed by atoms with Crippen LogP contribution in [0, 0.1) is 0 Å². The van der Waals surface area contributed by atoms with Crippen LogP contribution in [0.25, 0.3) is 0 Å². The average Bonchev–Trinajstić information content (AvgIpc) is 2.36. The van der Waals surface area contributed by atoms with Gasteiger partial charge in [-0.05, 0) is 24.3 Å². The summed E-state index contributed by atoms with van der Waals surface area (Å²) in [7, 11) is 0. The van der Waals surface area contributed by atoms with Gasteiger partial charge >= 0.3 is 5.97 Å². The van der Waals surface area contributed by atoms with E-state index < -0.39 is 5.97 Å². The smallest absolute Gasteiger partial charge is 0.307 e. The Morgan fingerprint density at radius 1 is 1.37 bits per heavy atom. The molecule has 19 heavy (non-hydrogen) atoms. The van der Waals surface area contributed by atoms with Crippen LogP contribution in [0.1, 0.15) is 29.8 Å². The van der Waals surface area contributed by atoms with E-state index in [9.17, 15) is 9.59 Å². The second-order valence-electron chi connectivity index (χ2n) is 4.26. The molecule has 4 nitrogen and oxygen atoms in total. The van der Waals surface area contributed by atoms with E-state index >= 15 is 0 Å². The zero-order valence-electron chi connectivity index (χ0n) is 11.2. The van der Waals surface area contributed by atoms with E-state index in [1.807, 2.05) is 6.92 Å². The van der Waals surface area contributed by atoms with Crippen LogP contribution in [0.15, 0.2) is 24.3 Å². The molecule has 1 unspecified atom stereocenters. The number of benzene rings is 1. The highest BCUT2D eigenvalue weighted by molar-refractivity contribution is 7.99. The SMILES string of the molecule is CCSCC(C)NC(=O)c1ccccc1CC(=O)O. The lowest BCUT2D eigenvalue weighted by Crippen LogP contribution is -2.35. The molecule has 0 bridgehead atoms. The van der Waals surface area contributed by atoms with Gasteiger partial charge in [-0.25, -0.2) is 0 Å². The van der Waals surface area contributed by atoms with Crippen LogP contribution in [-0.2, 0) is 11.2 Å². The molecule has 5 heteroatoms. The van der Waals surface area contributed by atoms with Gasteiger partial charge in [0.05, 0.1) is 6.42 Å². The molecule has 104 valence electrons. The summed E-state index contributed by atoms with van der Waals surface area (Å²) in [4.78, 5) is 22.9. The number of carbonyl (C=O) groups excluding carboxylic acids is 1. The topological polar surface area (TPSA) is 66.4 Å². The van der Waals surface area contributed by atoms with E-state index in [0.717, 1.165) is 11.5 Å². The summed E-state index contributed by atoms with van der Waals surface area (Å²) >= 11 is 1.76. The van der Waals surface area contributed by atoms with Crippen molar-refractivity contribution in [3.63, 3.8) is 0 Å². The highest BCUT2D eigenvalue weighted by atomic mass is 32.2. The van der Waals surface area contributed by atoms with Crippen LogP contribution in [0.3, 0.4) is 0 Å². The molecule has 1 aromatic rings. The summed E-state index contributed by atoms with van der Waals surface area (Å²) in [5.74, 6) is 0.718. The van der Waals surface area contributed by atoms with Gasteiger partial charge < -0.3 is 10.4 Å². The number of aliphatic carboxylic acids is 1. The monoisotopic (exact) mass is 281 g/mol. The zero-order chi connectivity index (χ0) is 14.3. The van der Waals surface area contributed by atoms with Gasteiger partial charge in [-0.3, -0.25) is 9.59 Å². The van der Waals surface area contributed by atoms with Gasteiger partial charge in [-0.2, -0.15) is 11.8 Å². The van der Waals surface area contributed by atoms with Crippen molar-refractivity contribution in [3.8, 4) is 0 Å². The van der Waals surface area contributed by atoms with Gasteiger partial charge in [0, 0.05) is 17.4 Å². The molecule has 1 aromatic carbocycles. The Labute approximate surface area is 117 Å². The lowest BCUT2D eigenvalue weighted by Gasteiger charge is -2.14. The third-order valence-electron chi connectivity index (χ3n) is 2.55. The van der Waals surface area contributed by atoms with E-state index in [0.29, 0.717) is 11.1 Å². The average molecular weight is 281 g/mol. The molecule has 0 aliphatic heterocycles. The van der Waals surface area contributed by atoms with Crippen molar-refractivity contribution in [2.45, 2.75) is 26.3 Å². The second kappa shape index (κ2) is 7.84. The van der Waals surface area contributed by atoms with Gasteiger partial charge in [0.1, 0.15) is 0 Å². The maximum atomic E-state index is 12.1. The summed E-state index contributed by atoms with van der Waals surface area (Å²) in [6.07, 6.45) is -0.137. The first-order valence-corrected chi connectivity index (χ1v) is 7.38. The molecule has 0 heterocycles. The molecular weight excluding hydrogens is 262 g/mol. The first-order chi connectivity index (χ1) is 9.04. The molecule has 1 rings (SSSR count). The predicted octanol–water partition coefficient (Wildman–Crippen LogP) is 2.19. The van der Waals surface area contributed by atoms with Crippen molar-refractivity contribution in [2.75, 3.05) is 11.5 Å². The standard InChI is InChI=1S/C14H19NO3S/c1-3-19-9-10(2)15-14(18)12-7-5-4-6-11(12)8-13(16)17/h4-7,10H,3,8-9H2,1-2H3,(H,15,18)(H,16,17).